The van der Waals surface area contributed by atoms with Gasteiger partial charge in [0.15, 0.2) is 0 Å². The Morgan fingerprint density at radius 1 is 1.33 bits per heavy atom. The topological polar surface area (TPSA) is 91.2 Å². The zero-order valence-electron chi connectivity index (χ0n) is 17.4. The van der Waals surface area contributed by atoms with E-state index in [0.29, 0.717) is 30.3 Å². The number of aromatic amines is 1. The summed E-state index contributed by atoms with van der Waals surface area (Å²) in [6.07, 6.45) is 3.81. The van der Waals surface area contributed by atoms with E-state index in [0.717, 1.165) is 47.8 Å². The van der Waals surface area contributed by atoms with Gasteiger partial charge >= 0.3 is 0 Å². The number of hydrogen-bond donors (Lipinski definition) is 3. The number of nitrogens with zero attached hydrogens (tertiary/aromatic N) is 1. The smallest absolute Gasteiger partial charge is 0.296 e. The summed E-state index contributed by atoms with van der Waals surface area (Å²) < 4.78 is 15.3. The summed E-state index contributed by atoms with van der Waals surface area (Å²) in [5, 5.41) is 3.76. The molecule has 1 aliphatic heterocycles. The van der Waals surface area contributed by atoms with E-state index in [1.165, 1.54) is 6.07 Å². The van der Waals surface area contributed by atoms with Crippen LogP contribution >= 0.6 is 0 Å². The number of benzene rings is 1. The van der Waals surface area contributed by atoms with Gasteiger partial charge in [-0.2, -0.15) is 0 Å². The molecule has 4 rings (SSSR count). The summed E-state index contributed by atoms with van der Waals surface area (Å²) in [5.41, 5.74) is 9.08. The number of aromatic nitrogens is 1. The van der Waals surface area contributed by atoms with Crippen LogP contribution in [0.1, 0.15) is 42.5 Å². The highest BCUT2D eigenvalue weighted by Gasteiger charge is 2.27. The number of nitrogens with two attached hydrogens (primary N) is 1. The van der Waals surface area contributed by atoms with E-state index in [-0.39, 0.29) is 24.2 Å². The lowest BCUT2D eigenvalue weighted by molar-refractivity contribution is -0.117. The van der Waals surface area contributed by atoms with Crippen LogP contribution in [0.3, 0.4) is 0 Å². The van der Waals surface area contributed by atoms with Crippen LogP contribution in [-0.2, 0) is 16.0 Å². The number of nitrogens with one attached hydrogen (secondary N) is 2. The fourth-order valence-corrected chi connectivity index (χ4v) is 4.22. The molecular formula is C23H27FN4O2. The van der Waals surface area contributed by atoms with Crippen LogP contribution in [0.2, 0.25) is 0 Å². The van der Waals surface area contributed by atoms with Crippen molar-refractivity contribution in [3.05, 3.63) is 28.7 Å². The van der Waals surface area contributed by atoms with Crippen molar-refractivity contribution in [1.29, 1.82) is 0 Å². The average Bonchev–Trinajstić information content (AvgIpc) is 3.47. The highest BCUT2D eigenvalue weighted by molar-refractivity contribution is 6.00. The Balaban J connectivity index is 1.63. The van der Waals surface area contributed by atoms with Crippen LogP contribution in [0.4, 0.5) is 10.1 Å². The third-order valence-corrected chi connectivity index (χ3v) is 5.99. The lowest BCUT2D eigenvalue weighted by Gasteiger charge is -2.35. The first-order chi connectivity index (χ1) is 14.3. The van der Waals surface area contributed by atoms with Gasteiger partial charge in [-0.1, -0.05) is 5.92 Å². The van der Waals surface area contributed by atoms with Crippen molar-refractivity contribution < 1.29 is 14.0 Å². The van der Waals surface area contributed by atoms with E-state index in [9.17, 15) is 9.59 Å². The Bertz CT molecular complexity index is 1070. The minimum absolute atomic E-state index is 0.0224. The third-order valence-electron chi connectivity index (χ3n) is 5.99. The van der Waals surface area contributed by atoms with Crippen molar-refractivity contribution in [3.8, 4) is 11.8 Å². The molecule has 0 radical (unpaired) electrons. The third kappa shape index (κ3) is 4.13. The number of aryl methyl sites for hydroxylation is 2. The Morgan fingerprint density at radius 3 is 2.80 bits per heavy atom. The SMILES string of the molecule is Cc1[nH]c2c(CC(N)=O)cc(F)c(N3CCC[C@H](NC(=O)C#CC4CC4)C3)c2c1C. The number of fused-ring (bicyclic) bond motifs is 1. The Hall–Kier alpha value is -3.01. The van der Waals surface area contributed by atoms with Crippen molar-refractivity contribution in [3.63, 3.8) is 0 Å². The van der Waals surface area contributed by atoms with Gasteiger partial charge in [0.2, 0.25) is 5.91 Å². The van der Waals surface area contributed by atoms with E-state index >= 15 is 4.39 Å². The number of carbonyl (C=O) groups is 2. The molecule has 1 aromatic heterocycles. The number of piperidine rings is 1. The molecule has 2 heterocycles. The van der Waals surface area contributed by atoms with Gasteiger partial charge in [0.05, 0.1) is 17.6 Å². The molecule has 2 fully saturated rings. The predicted molar refractivity (Wildman–Crippen MR) is 115 cm³/mol. The highest BCUT2D eigenvalue weighted by atomic mass is 19.1. The van der Waals surface area contributed by atoms with Gasteiger partial charge in [-0.25, -0.2) is 4.39 Å². The fraction of sp³-hybridized carbons (Fsp3) is 0.478. The molecule has 1 atom stereocenters. The number of hydrogen-bond acceptors (Lipinski definition) is 3. The molecule has 1 saturated heterocycles. The molecular weight excluding hydrogens is 383 g/mol. The Kier molecular flexibility index (Phi) is 5.42. The molecule has 2 aliphatic rings. The molecule has 4 N–H and O–H groups in total. The molecule has 2 aromatic rings. The molecule has 1 saturated carbocycles. The zero-order valence-corrected chi connectivity index (χ0v) is 17.4. The number of anilines is 1. The second-order valence-electron chi connectivity index (χ2n) is 8.44. The number of rotatable bonds is 4. The Morgan fingerprint density at radius 2 is 2.10 bits per heavy atom. The summed E-state index contributed by atoms with van der Waals surface area (Å²) in [6.45, 7) is 5.09. The van der Waals surface area contributed by atoms with E-state index < -0.39 is 5.91 Å². The van der Waals surface area contributed by atoms with Crippen LogP contribution in [0.5, 0.6) is 0 Å². The summed E-state index contributed by atoms with van der Waals surface area (Å²) in [6, 6.07) is 1.32. The fourth-order valence-electron chi connectivity index (χ4n) is 4.22. The second kappa shape index (κ2) is 8.02. The summed E-state index contributed by atoms with van der Waals surface area (Å²) in [7, 11) is 0. The minimum Gasteiger partial charge on any atom is -0.369 e. The highest BCUT2D eigenvalue weighted by Crippen LogP contribution is 2.37. The van der Waals surface area contributed by atoms with Gasteiger partial charge in [-0.3, -0.25) is 9.59 Å². The van der Waals surface area contributed by atoms with Gasteiger partial charge < -0.3 is 20.9 Å². The first kappa shape index (κ1) is 20.3. The van der Waals surface area contributed by atoms with Gasteiger partial charge in [0.25, 0.3) is 5.91 Å². The molecule has 7 heteroatoms. The molecule has 0 spiro atoms. The van der Waals surface area contributed by atoms with E-state index in [4.69, 9.17) is 5.73 Å². The molecule has 30 heavy (non-hydrogen) atoms. The second-order valence-corrected chi connectivity index (χ2v) is 8.44. The van der Waals surface area contributed by atoms with Crippen molar-refractivity contribution in [2.75, 3.05) is 18.0 Å². The van der Waals surface area contributed by atoms with Gasteiger partial charge in [0.1, 0.15) is 5.82 Å². The van der Waals surface area contributed by atoms with Crippen LogP contribution in [0.15, 0.2) is 6.07 Å². The van der Waals surface area contributed by atoms with Crippen molar-refractivity contribution in [2.24, 2.45) is 11.7 Å². The van der Waals surface area contributed by atoms with E-state index in [1.807, 2.05) is 18.7 Å². The van der Waals surface area contributed by atoms with Crippen molar-refractivity contribution in [1.82, 2.24) is 10.3 Å². The normalized spacial score (nSPS) is 18.8. The maximum atomic E-state index is 15.3. The zero-order chi connectivity index (χ0) is 21.4. The van der Waals surface area contributed by atoms with Crippen LogP contribution in [0, 0.1) is 37.4 Å². The lowest BCUT2D eigenvalue weighted by Crippen LogP contribution is -2.47. The molecule has 2 amide bonds. The Labute approximate surface area is 175 Å². The van der Waals surface area contributed by atoms with E-state index in [1.54, 1.807) is 0 Å². The number of primary amides is 1. The summed E-state index contributed by atoms with van der Waals surface area (Å²) in [5.74, 6) is 4.90. The molecule has 1 aliphatic carbocycles. The molecule has 158 valence electrons. The molecule has 0 bridgehead atoms. The van der Waals surface area contributed by atoms with Crippen LogP contribution < -0.4 is 16.0 Å². The molecule has 6 nitrogen and oxygen atoms in total. The van der Waals surface area contributed by atoms with Crippen molar-refractivity contribution >= 4 is 28.4 Å². The van der Waals surface area contributed by atoms with Crippen LogP contribution in [0.25, 0.3) is 10.9 Å². The van der Waals surface area contributed by atoms with Gasteiger partial charge in [-0.05, 0) is 62.6 Å². The molecule has 0 unspecified atom stereocenters. The summed E-state index contributed by atoms with van der Waals surface area (Å²) in [4.78, 5) is 28.9. The molecule has 1 aromatic carbocycles. The standard InChI is InChI=1S/C23H27FN4O2/c1-13-14(2)26-22-16(11-19(25)29)10-18(24)23(21(13)22)28-9-3-4-17(12-28)27-20(30)8-7-15-5-6-15/h10,15,17,26H,3-6,9,11-12H2,1-2H3,(H2,25,29)(H,27,30)/t17-/m0/s1. The monoisotopic (exact) mass is 410 g/mol. The number of amides is 2. The first-order valence-corrected chi connectivity index (χ1v) is 10.5. The number of halogens is 1. The lowest BCUT2D eigenvalue weighted by atomic mass is 9.99. The largest absolute Gasteiger partial charge is 0.369 e. The van der Waals surface area contributed by atoms with Crippen LogP contribution in [-0.4, -0.2) is 35.9 Å². The number of H-pyrrole nitrogens is 1. The maximum Gasteiger partial charge on any atom is 0.296 e. The van der Waals surface area contributed by atoms with E-state index in [2.05, 4.69) is 22.1 Å². The van der Waals surface area contributed by atoms with Gasteiger partial charge in [-0.15, -0.1) is 0 Å². The minimum atomic E-state index is -0.499. The summed E-state index contributed by atoms with van der Waals surface area (Å²) >= 11 is 0. The number of carbonyl (C=O) groups excluding carboxylic acids is 2. The quantitative estimate of drug-likeness (QED) is 0.676. The maximum absolute atomic E-state index is 15.3. The average molecular weight is 410 g/mol. The van der Waals surface area contributed by atoms with Gasteiger partial charge in [0, 0.05) is 36.1 Å². The van der Waals surface area contributed by atoms with Crippen molar-refractivity contribution in [2.45, 2.75) is 52.0 Å². The first-order valence-electron chi connectivity index (χ1n) is 10.5. The predicted octanol–water partition coefficient (Wildman–Crippen LogP) is 2.45.